The van der Waals surface area contributed by atoms with Crippen LogP contribution < -0.4 is 10.6 Å². The molecular formula is C31H42ClN3O5. The molecule has 0 aromatic heterocycles. The van der Waals surface area contributed by atoms with E-state index in [2.05, 4.69) is 10.6 Å². The number of carbonyl (C=O) groups excluding carboxylic acids is 3. The van der Waals surface area contributed by atoms with Crippen molar-refractivity contribution in [3.63, 3.8) is 0 Å². The highest BCUT2D eigenvalue weighted by Gasteiger charge is 2.28. The van der Waals surface area contributed by atoms with Crippen molar-refractivity contribution in [2.45, 2.75) is 76.5 Å². The van der Waals surface area contributed by atoms with Crippen LogP contribution >= 0.6 is 11.6 Å². The second kappa shape index (κ2) is 16.9. The average Bonchev–Trinajstić information content (AvgIpc) is 2.97. The third-order valence-electron chi connectivity index (χ3n) is 7.44. The summed E-state index contributed by atoms with van der Waals surface area (Å²) in [6, 6.07) is 15.6. The van der Waals surface area contributed by atoms with E-state index in [0.29, 0.717) is 30.3 Å². The zero-order chi connectivity index (χ0) is 28.7. The minimum absolute atomic E-state index is 0.0311. The van der Waals surface area contributed by atoms with Crippen molar-refractivity contribution in [3.8, 4) is 0 Å². The number of halogens is 1. The van der Waals surface area contributed by atoms with Crippen LogP contribution in [0.2, 0.25) is 5.02 Å². The first-order valence-corrected chi connectivity index (χ1v) is 14.6. The smallest absolute Gasteiger partial charge is 0.408 e. The van der Waals surface area contributed by atoms with Gasteiger partial charge in [0.25, 0.3) is 0 Å². The second-order valence-electron chi connectivity index (χ2n) is 10.6. The fraction of sp³-hybridized carbons (Fsp3) is 0.516. The molecule has 1 aliphatic rings. The molecule has 2 aromatic carbocycles. The lowest BCUT2D eigenvalue weighted by Gasteiger charge is -2.28. The zero-order valence-electron chi connectivity index (χ0n) is 23.3. The summed E-state index contributed by atoms with van der Waals surface area (Å²) in [6.07, 6.45) is 6.48. The third kappa shape index (κ3) is 11.2. The van der Waals surface area contributed by atoms with E-state index in [9.17, 15) is 19.5 Å². The molecule has 0 saturated heterocycles. The Kier molecular flexibility index (Phi) is 13.3. The Morgan fingerprint density at radius 1 is 1.02 bits per heavy atom. The van der Waals surface area contributed by atoms with Crippen LogP contribution in [0, 0.1) is 5.92 Å². The van der Waals surface area contributed by atoms with Gasteiger partial charge in [0.2, 0.25) is 11.8 Å². The molecule has 0 spiro atoms. The number of hydrogen-bond acceptors (Lipinski definition) is 5. The van der Waals surface area contributed by atoms with E-state index in [1.165, 1.54) is 6.42 Å². The maximum absolute atomic E-state index is 13.3. The fourth-order valence-corrected chi connectivity index (χ4v) is 5.23. The van der Waals surface area contributed by atoms with Crippen LogP contribution in [0.5, 0.6) is 0 Å². The maximum Gasteiger partial charge on any atom is 0.408 e. The van der Waals surface area contributed by atoms with Crippen LogP contribution in [0.1, 0.15) is 62.5 Å². The van der Waals surface area contributed by atoms with E-state index in [0.717, 1.165) is 43.2 Å². The van der Waals surface area contributed by atoms with Gasteiger partial charge in [-0.05, 0) is 48.4 Å². The van der Waals surface area contributed by atoms with E-state index in [-0.39, 0.29) is 31.4 Å². The normalized spacial score (nSPS) is 15.1. The van der Waals surface area contributed by atoms with Crippen molar-refractivity contribution in [3.05, 3.63) is 70.7 Å². The molecule has 0 radical (unpaired) electrons. The number of likely N-dealkylation sites (N-methyl/N-ethyl adjacent to an activating group) is 1. The Bertz CT molecular complexity index is 1080. The lowest BCUT2D eigenvalue weighted by Crippen LogP contribution is -2.51. The quantitative estimate of drug-likeness (QED) is 0.300. The molecule has 40 heavy (non-hydrogen) atoms. The molecule has 1 saturated carbocycles. The maximum atomic E-state index is 13.3. The summed E-state index contributed by atoms with van der Waals surface area (Å²) >= 11 is 6.01. The first-order chi connectivity index (χ1) is 19.3. The largest absolute Gasteiger partial charge is 0.445 e. The fourth-order valence-electron chi connectivity index (χ4n) is 5.01. The van der Waals surface area contributed by atoms with Crippen molar-refractivity contribution in [1.82, 2.24) is 15.5 Å². The number of benzene rings is 2. The molecule has 9 heteroatoms. The zero-order valence-corrected chi connectivity index (χ0v) is 24.1. The van der Waals surface area contributed by atoms with Gasteiger partial charge in [0, 0.05) is 25.0 Å². The van der Waals surface area contributed by atoms with E-state index >= 15 is 0 Å². The summed E-state index contributed by atoms with van der Waals surface area (Å²) in [7, 11) is 1.76. The molecule has 218 valence electrons. The monoisotopic (exact) mass is 571 g/mol. The Labute approximate surface area is 242 Å². The summed E-state index contributed by atoms with van der Waals surface area (Å²) in [5.74, 6) is -0.107. The number of aliphatic hydroxyl groups excluding tert-OH is 1. The Hall–Kier alpha value is -3.10. The number of nitrogens with one attached hydrogen (secondary N) is 2. The van der Waals surface area contributed by atoms with Crippen LogP contribution in [-0.2, 0) is 27.4 Å². The minimum atomic E-state index is -0.798. The molecule has 0 aliphatic heterocycles. The molecule has 1 fully saturated rings. The number of rotatable bonds is 14. The van der Waals surface area contributed by atoms with Gasteiger partial charge >= 0.3 is 6.09 Å². The summed E-state index contributed by atoms with van der Waals surface area (Å²) in [4.78, 5) is 40.2. The van der Waals surface area contributed by atoms with Crippen molar-refractivity contribution < 1.29 is 24.2 Å². The molecule has 3 amide bonds. The van der Waals surface area contributed by atoms with Gasteiger partial charge in [-0.15, -0.1) is 0 Å². The summed E-state index contributed by atoms with van der Waals surface area (Å²) in [6.45, 7) is 0.315. The van der Waals surface area contributed by atoms with Gasteiger partial charge in [-0.3, -0.25) is 9.59 Å². The Balaban J connectivity index is 1.51. The van der Waals surface area contributed by atoms with E-state index in [4.69, 9.17) is 16.3 Å². The number of amides is 3. The summed E-state index contributed by atoms with van der Waals surface area (Å²) in [5.41, 5.74) is 1.90. The number of nitrogens with zero attached hydrogens (tertiary/aromatic N) is 1. The standard InChI is InChI=1S/C31H42ClN3O5/c1-35(18-17-23-9-4-2-5-10-23)29(37)16-15-27(21-36)33-30(38)28(20-24-11-6-3-7-12-24)34-31(39)40-22-25-13-8-14-26(32)19-25/h2,4-5,8-10,13-14,19,24,27-28,36H,3,6-7,11-12,15-18,20-22H2,1H3,(H,33,38)(H,34,39)/t27-,28-/m0/s1. The first kappa shape index (κ1) is 31.4. The van der Waals surface area contributed by atoms with Crippen molar-refractivity contribution in [2.75, 3.05) is 20.2 Å². The number of hydrogen-bond donors (Lipinski definition) is 3. The van der Waals surface area contributed by atoms with Gasteiger partial charge in [0.15, 0.2) is 0 Å². The molecule has 2 atom stereocenters. The van der Waals surface area contributed by atoms with Crippen LogP contribution in [0.15, 0.2) is 54.6 Å². The van der Waals surface area contributed by atoms with Crippen LogP contribution in [0.3, 0.4) is 0 Å². The van der Waals surface area contributed by atoms with Gasteiger partial charge in [-0.1, -0.05) is 86.2 Å². The Morgan fingerprint density at radius 3 is 2.45 bits per heavy atom. The predicted octanol–water partition coefficient (Wildman–Crippen LogP) is 4.86. The van der Waals surface area contributed by atoms with Gasteiger partial charge in [-0.25, -0.2) is 4.79 Å². The van der Waals surface area contributed by atoms with Gasteiger partial charge in [-0.2, -0.15) is 0 Å². The lowest BCUT2D eigenvalue weighted by atomic mass is 9.84. The number of ether oxygens (including phenoxy) is 1. The Morgan fingerprint density at radius 2 is 1.75 bits per heavy atom. The molecular weight excluding hydrogens is 530 g/mol. The van der Waals surface area contributed by atoms with Gasteiger partial charge < -0.3 is 25.4 Å². The van der Waals surface area contributed by atoms with Crippen molar-refractivity contribution >= 4 is 29.5 Å². The molecule has 3 N–H and O–H groups in total. The lowest BCUT2D eigenvalue weighted by molar-refractivity contribution is -0.130. The molecule has 3 rings (SSSR count). The van der Waals surface area contributed by atoms with Crippen LogP contribution in [0.25, 0.3) is 0 Å². The van der Waals surface area contributed by atoms with E-state index < -0.39 is 18.2 Å². The van der Waals surface area contributed by atoms with E-state index in [1.807, 2.05) is 30.3 Å². The molecule has 0 heterocycles. The minimum Gasteiger partial charge on any atom is -0.445 e. The van der Waals surface area contributed by atoms with Gasteiger partial charge in [0.1, 0.15) is 12.6 Å². The molecule has 0 unspecified atom stereocenters. The van der Waals surface area contributed by atoms with Crippen LogP contribution in [0.4, 0.5) is 4.79 Å². The van der Waals surface area contributed by atoms with Gasteiger partial charge in [0.05, 0.1) is 12.6 Å². The van der Waals surface area contributed by atoms with Crippen molar-refractivity contribution in [1.29, 1.82) is 0 Å². The third-order valence-corrected chi connectivity index (χ3v) is 7.67. The molecule has 2 aromatic rings. The van der Waals surface area contributed by atoms with Crippen molar-refractivity contribution in [2.24, 2.45) is 5.92 Å². The number of alkyl carbamates (subject to hydrolysis) is 1. The number of carbonyl (C=O) groups is 3. The highest BCUT2D eigenvalue weighted by molar-refractivity contribution is 6.30. The molecule has 1 aliphatic carbocycles. The molecule has 0 bridgehead atoms. The SMILES string of the molecule is CN(CCc1ccccc1)C(=O)CC[C@@H](CO)NC(=O)[C@H](CC1CCCCC1)NC(=O)OCc1cccc(Cl)c1. The summed E-state index contributed by atoms with van der Waals surface area (Å²) < 4.78 is 5.36. The van der Waals surface area contributed by atoms with E-state index in [1.54, 1.807) is 36.2 Å². The number of aliphatic hydroxyl groups is 1. The average molecular weight is 572 g/mol. The van der Waals surface area contributed by atoms with Crippen LogP contribution in [-0.4, -0.2) is 60.2 Å². The topological polar surface area (TPSA) is 108 Å². The predicted molar refractivity (Wildman–Crippen MR) is 156 cm³/mol. The molecule has 8 nitrogen and oxygen atoms in total. The highest BCUT2D eigenvalue weighted by atomic mass is 35.5. The summed E-state index contributed by atoms with van der Waals surface area (Å²) in [5, 5.41) is 16.1. The highest BCUT2D eigenvalue weighted by Crippen LogP contribution is 2.27. The first-order valence-electron chi connectivity index (χ1n) is 14.2. The second-order valence-corrected chi connectivity index (χ2v) is 11.1.